The van der Waals surface area contributed by atoms with Crippen LogP contribution in [-0.2, 0) is 11.8 Å². The Bertz CT molecular complexity index is 366. The van der Waals surface area contributed by atoms with E-state index in [1.54, 1.807) is 11.1 Å². The number of fused-ring (bicyclic) bond motifs is 3. The number of rotatable bonds is 0. The zero-order valence-electron chi connectivity index (χ0n) is 9.63. The van der Waals surface area contributed by atoms with Crippen molar-refractivity contribution in [2.75, 3.05) is 0 Å². The Labute approximate surface area is 92.7 Å². The van der Waals surface area contributed by atoms with Gasteiger partial charge in [-0.25, -0.2) is 0 Å². The molecule has 0 aromatic heterocycles. The zero-order chi connectivity index (χ0) is 10.3. The van der Waals surface area contributed by atoms with E-state index >= 15 is 0 Å². The Balaban J connectivity index is 2.06. The molecule has 0 radical (unpaired) electrons. The first-order valence-electron chi connectivity index (χ1n) is 6.39. The van der Waals surface area contributed by atoms with Crippen molar-refractivity contribution >= 4 is 0 Å². The summed E-state index contributed by atoms with van der Waals surface area (Å²) < 4.78 is 0. The number of hydrogen-bond acceptors (Lipinski definition) is 0. The van der Waals surface area contributed by atoms with E-state index in [-0.39, 0.29) is 0 Å². The molecule has 0 spiro atoms. The molecule has 0 amide bonds. The van der Waals surface area contributed by atoms with E-state index < -0.39 is 0 Å². The van der Waals surface area contributed by atoms with E-state index in [0.29, 0.717) is 5.41 Å². The third-order valence-electron chi connectivity index (χ3n) is 4.75. The van der Waals surface area contributed by atoms with Gasteiger partial charge in [-0.1, -0.05) is 50.5 Å². The van der Waals surface area contributed by atoms with Gasteiger partial charge in [0.15, 0.2) is 0 Å². The largest absolute Gasteiger partial charge is 0.0620 e. The van der Waals surface area contributed by atoms with E-state index in [2.05, 4.69) is 31.2 Å². The lowest BCUT2D eigenvalue weighted by molar-refractivity contribution is 0.301. The second kappa shape index (κ2) is 3.37. The Morgan fingerprint density at radius 3 is 2.93 bits per heavy atom. The average molecular weight is 200 g/mol. The summed E-state index contributed by atoms with van der Waals surface area (Å²) in [6, 6.07) is 9.14. The van der Waals surface area contributed by atoms with Gasteiger partial charge in [0.05, 0.1) is 0 Å². The molecule has 0 heterocycles. The first-order valence-corrected chi connectivity index (χ1v) is 6.39. The molecule has 0 heteroatoms. The summed E-state index contributed by atoms with van der Waals surface area (Å²) in [6.45, 7) is 2.51. The van der Waals surface area contributed by atoms with Gasteiger partial charge >= 0.3 is 0 Å². The van der Waals surface area contributed by atoms with Crippen LogP contribution in [0.4, 0.5) is 0 Å². The Hall–Kier alpha value is -0.780. The van der Waals surface area contributed by atoms with Gasteiger partial charge in [0.2, 0.25) is 0 Å². The summed E-state index contributed by atoms with van der Waals surface area (Å²) in [6.07, 6.45) is 8.54. The predicted octanol–water partition coefficient (Wildman–Crippen LogP) is 4.08. The lowest BCUT2D eigenvalue weighted by Gasteiger charge is -2.31. The summed E-state index contributed by atoms with van der Waals surface area (Å²) in [7, 11) is 0. The average Bonchev–Trinajstić information content (AvgIpc) is 2.41. The first kappa shape index (κ1) is 9.45. The molecule has 0 N–H and O–H groups in total. The Kier molecular flexibility index (Phi) is 2.12. The summed E-state index contributed by atoms with van der Waals surface area (Å²) in [5.41, 5.74) is 3.80. The van der Waals surface area contributed by atoms with Gasteiger partial charge < -0.3 is 0 Å². The van der Waals surface area contributed by atoms with Crippen molar-refractivity contribution in [2.24, 2.45) is 5.92 Å². The molecule has 0 bridgehead atoms. The van der Waals surface area contributed by atoms with Crippen molar-refractivity contribution in [1.29, 1.82) is 0 Å². The van der Waals surface area contributed by atoms with Gasteiger partial charge in [-0.05, 0) is 41.7 Å². The monoisotopic (exact) mass is 200 g/mol. The van der Waals surface area contributed by atoms with Crippen LogP contribution in [-0.4, -0.2) is 0 Å². The topological polar surface area (TPSA) is 0 Å². The van der Waals surface area contributed by atoms with Crippen LogP contribution in [0.25, 0.3) is 0 Å². The van der Waals surface area contributed by atoms with Crippen LogP contribution in [0, 0.1) is 5.92 Å². The molecular weight excluding hydrogens is 180 g/mol. The highest BCUT2D eigenvalue weighted by Gasteiger charge is 2.42. The van der Waals surface area contributed by atoms with E-state index in [9.17, 15) is 0 Å². The first-order chi connectivity index (χ1) is 7.31. The van der Waals surface area contributed by atoms with Crippen molar-refractivity contribution in [3.05, 3.63) is 35.4 Å². The smallest absolute Gasteiger partial charge is 0.00411 e. The lowest BCUT2D eigenvalue weighted by atomic mass is 9.73. The summed E-state index contributed by atoms with van der Waals surface area (Å²) in [4.78, 5) is 0. The van der Waals surface area contributed by atoms with Crippen molar-refractivity contribution in [3.8, 4) is 0 Å². The fourth-order valence-electron chi connectivity index (χ4n) is 3.79. The number of benzene rings is 1. The van der Waals surface area contributed by atoms with E-state index in [1.807, 2.05) is 0 Å². The molecule has 2 atom stereocenters. The van der Waals surface area contributed by atoms with Crippen LogP contribution in [0.3, 0.4) is 0 Å². The highest BCUT2D eigenvalue weighted by molar-refractivity contribution is 5.40. The predicted molar refractivity (Wildman–Crippen MR) is 64.1 cm³/mol. The molecule has 15 heavy (non-hydrogen) atoms. The van der Waals surface area contributed by atoms with Crippen molar-refractivity contribution < 1.29 is 0 Å². The second-order valence-electron chi connectivity index (χ2n) is 5.57. The molecule has 0 aliphatic heterocycles. The molecule has 1 saturated carbocycles. The maximum atomic E-state index is 2.51. The molecule has 80 valence electrons. The summed E-state index contributed by atoms with van der Waals surface area (Å²) in [5, 5.41) is 0. The third kappa shape index (κ3) is 1.34. The van der Waals surface area contributed by atoms with Gasteiger partial charge in [0.25, 0.3) is 0 Å². The molecule has 0 nitrogen and oxygen atoms in total. The molecule has 1 aromatic rings. The zero-order valence-corrected chi connectivity index (χ0v) is 9.63. The quantitative estimate of drug-likeness (QED) is 0.592. The minimum atomic E-state index is 0.507. The molecule has 0 saturated heterocycles. The maximum Gasteiger partial charge on any atom is -0.00411 e. The minimum Gasteiger partial charge on any atom is -0.0620 e. The van der Waals surface area contributed by atoms with Crippen LogP contribution in [0.15, 0.2) is 24.3 Å². The normalized spacial score (nSPS) is 34.3. The molecular formula is C15H20. The van der Waals surface area contributed by atoms with Crippen LogP contribution < -0.4 is 0 Å². The molecule has 2 aliphatic rings. The van der Waals surface area contributed by atoms with Crippen LogP contribution in [0.2, 0.25) is 0 Å². The lowest BCUT2D eigenvalue weighted by Crippen LogP contribution is -2.26. The molecule has 1 fully saturated rings. The molecule has 3 rings (SSSR count). The highest BCUT2D eigenvalue weighted by Crippen LogP contribution is 2.49. The molecule has 0 unspecified atom stereocenters. The van der Waals surface area contributed by atoms with Crippen LogP contribution in [0.1, 0.15) is 50.2 Å². The van der Waals surface area contributed by atoms with E-state index in [4.69, 9.17) is 0 Å². The number of hydrogen-bond donors (Lipinski definition) is 0. The van der Waals surface area contributed by atoms with Crippen LogP contribution >= 0.6 is 0 Å². The SMILES string of the molecule is C[C@]12CCCCC[C@H]1Cc1ccccc12. The molecule has 2 aliphatic carbocycles. The Morgan fingerprint density at radius 1 is 1.13 bits per heavy atom. The Morgan fingerprint density at radius 2 is 2.00 bits per heavy atom. The fraction of sp³-hybridized carbons (Fsp3) is 0.600. The van der Waals surface area contributed by atoms with Crippen LogP contribution in [0.5, 0.6) is 0 Å². The van der Waals surface area contributed by atoms with Crippen molar-refractivity contribution in [1.82, 2.24) is 0 Å². The fourth-order valence-corrected chi connectivity index (χ4v) is 3.79. The summed E-state index contributed by atoms with van der Waals surface area (Å²) in [5.74, 6) is 0.928. The molecule has 1 aromatic carbocycles. The minimum absolute atomic E-state index is 0.507. The van der Waals surface area contributed by atoms with Gasteiger partial charge in [-0.15, -0.1) is 0 Å². The van der Waals surface area contributed by atoms with Gasteiger partial charge in [-0.2, -0.15) is 0 Å². The van der Waals surface area contributed by atoms with Gasteiger partial charge in [-0.3, -0.25) is 0 Å². The third-order valence-corrected chi connectivity index (χ3v) is 4.75. The van der Waals surface area contributed by atoms with Crippen molar-refractivity contribution in [3.63, 3.8) is 0 Å². The standard InChI is InChI=1S/C15H20/c1-15-10-6-2-3-8-13(15)11-12-7-4-5-9-14(12)15/h4-5,7,9,13H,2-3,6,8,10-11H2,1H3/t13-,15-/m0/s1. The van der Waals surface area contributed by atoms with Crippen molar-refractivity contribution in [2.45, 2.75) is 50.9 Å². The van der Waals surface area contributed by atoms with E-state index in [1.165, 1.54) is 38.5 Å². The van der Waals surface area contributed by atoms with E-state index in [0.717, 1.165) is 5.92 Å². The summed E-state index contributed by atoms with van der Waals surface area (Å²) >= 11 is 0. The highest BCUT2D eigenvalue weighted by atomic mass is 14.5. The second-order valence-corrected chi connectivity index (χ2v) is 5.57. The van der Waals surface area contributed by atoms with Gasteiger partial charge in [0, 0.05) is 0 Å². The van der Waals surface area contributed by atoms with Gasteiger partial charge in [0.1, 0.15) is 0 Å². The maximum absolute atomic E-state index is 2.51.